The Kier molecular flexibility index (Phi) is 2.25. The van der Waals surface area contributed by atoms with Crippen LogP contribution in [-0.4, -0.2) is 17.0 Å². The van der Waals surface area contributed by atoms with E-state index in [2.05, 4.69) is 26.0 Å². The van der Waals surface area contributed by atoms with Crippen LogP contribution < -0.4 is 5.32 Å². The Morgan fingerprint density at radius 2 is 2.23 bits per heavy atom. The highest BCUT2D eigenvalue weighted by Gasteiger charge is 2.31. The molecule has 0 N–H and O–H groups in total. The summed E-state index contributed by atoms with van der Waals surface area (Å²) in [4.78, 5) is 0. The number of hydrogen-bond donors (Lipinski definition) is 0. The van der Waals surface area contributed by atoms with Gasteiger partial charge in [0, 0.05) is 5.54 Å². The summed E-state index contributed by atoms with van der Waals surface area (Å²) in [6.07, 6.45) is 8.60. The van der Waals surface area contributed by atoms with E-state index in [4.69, 9.17) is 16.9 Å². The number of halogens is 1. The predicted octanol–water partition coefficient (Wildman–Crippen LogP) is 2.64. The SMILES string of the molecule is CC1(C)CCC2=CC(Cl)C=CC2[N]1. The summed E-state index contributed by atoms with van der Waals surface area (Å²) in [5, 5.41) is 4.84. The van der Waals surface area contributed by atoms with E-state index in [1.807, 2.05) is 6.08 Å². The molecule has 0 aromatic rings. The molecule has 71 valence electrons. The van der Waals surface area contributed by atoms with E-state index in [-0.39, 0.29) is 10.9 Å². The lowest BCUT2D eigenvalue weighted by Crippen LogP contribution is -2.44. The van der Waals surface area contributed by atoms with Crippen molar-refractivity contribution in [2.45, 2.75) is 43.6 Å². The molecule has 2 heteroatoms. The first-order valence-electron chi connectivity index (χ1n) is 4.82. The van der Waals surface area contributed by atoms with Crippen LogP contribution in [0.25, 0.3) is 0 Å². The fraction of sp³-hybridized carbons (Fsp3) is 0.636. The second-order valence-corrected chi connectivity index (χ2v) is 4.96. The van der Waals surface area contributed by atoms with Crippen molar-refractivity contribution < 1.29 is 0 Å². The largest absolute Gasteiger partial charge is 0.224 e. The summed E-state index contributed by atoms with van der Waals surface area (Å²) in [6, 6.07) is 0.304. The third-order valence-corrected chi connectivity index (χ3v) is 3.02. The monoisotopic (exact) mass is 196 g/mol. The van der Waals surface area contributed by atoms with E-state index < -0.39 is 0 Å². The number of hydrogen-bond acceptors (Lipinski definition) is 0. The molecule has 1 aliphatic heterocycles. The lowest BCUT2D eigenvalue weighted by molar-refractivity contribution is 0.303. The Morgan fingerprint density at radius 3 is 3.00 bits per heavy atom. The van der Waals surface area contributed by atoms with E-state index in [9.17, 15) is 0 Å². The Morgan fingerprint density at radius 1 is 1.46 bits per heavy atom. The second kappa shape index (κ2) is 3.14. The molecule has 2 unspecified atom stereocenters. The van der Waals surface area contributed by atoms with E-state index >= 15 is 0 Å². The Hall–Kier alpha value is -0.270. The summed E-state index contributed by atoms with van der Waals surface area (Å²) in [7, 11) is 0. The highest BCUT2D eigenvalue weighted by atomic mass is 35.5. The second-order valence-electron chi connectivity index (χ2n) is 4.46. The number of nitrogens with zero attached hydrogens (tertiary/aromatic N) is 1. The quantitative estimate of drug-likeness (QED) is 0.418. The number of alkyl halides is 1. The Labute approximate surface area is 84.9 Å². The van der Waals surface area contributed by atoms with E-state index in [1.165, 1.54) is 5.57 Å². The van der Waals surface area contributed by atoms with Crippen molar-refractivity contribution in [3.05, 3.63) is 23.8 Å². The highest BCUT2D eigenvalue weighted by Crippen LogP contribution is 2.31. The summed E-state index contributed by atoms with van der Waals surface area (Å²) < 4.78 is 0. The van der Waals surface area contributed by atoms with Gasteiger partial charge in [-0.25, -0.2) is 5.32 Å². The molecule has 0 aromatic heterocycles. The van der Waals surface area contributed by atoms with Crippen LogP contribution in [0, 0.1) is 0 Å². The van der Waals surface area contributed by atoms with Crippen LogP contribution in [0.5, 0.6) is 0 Å². The summed E-state index contributed by atoms with van der Waals surface area (Å²) in [5.74, 6) is 0. The molecule has 2 aliphatic rings. The minimum absolute atomic E-state index is 0.0858. The average molecular weight is 197 g/mol. The summed E-state index contributed by atoms with van der Waals surface area (Å²) in [6.45, 7) is 4.40. The fourth-order valence-electron chi connectivity index (χ4n) is 1.94. The van der Waals surface area contributed by atoms with Gasteiger partial charge in [0.1, 0.15) is 0 Å². The lowest BCUT2D eigenvalue weighted by Gasteiger charge is -2.37. The number of rotatable bonds is 0. The molecule has 0 amide bonds. The highest BCUT2D eigenvalue weighted by molar-refractivity contribution is 6.23. The molecule has 1 aliphatic carbocycles. The van der Waals surface area contributed by atoms with Crippen LogP contribution in [0.15, 0.2) is 23.8 Å². The van der Waals surface area contributed by atoms with Crippen molar-refractivity contribution in [3.8, 4) is 0 Å². The van der Waals surface area contributed by atoms with Crippen LogP contribution in [0.3, 0.4) is 0 Å². The fourth-order valence-corrected chi connectivity index (χ4v) is 2.19. The van der Waals surface area contributed by atoms with E-state index in [0.717, 1.165) is 12.8 Å². The first-order chi connectivity index (χ1) is 6.07. The predicted molar refractivity (Wildman–Crippen MR) is 56.1 cm³/mol. The lowest BCUT2D eigenvalue weighted by atomic mass is 9.83. The maximum Gasteiger partial charge on any atom is 0.0700 e. The van der Waals surface area contributed by atoms with E-state index in [0.29, 0.717) is 6.04 Å². The van der Waals surface area contributed by atoms with Crippen molar-refractivity contribution in [3.63, 3.8) is 0 Å². The van der Waals surface area contributed by atoms with Gasteiger partial charge in [0.15, 0.2) is 0 Å². The topological polar surface area (TPSA) is 14.1 Å². The number of piperidine rings is 1. The zero-order valence-electron chi connectivity index (χ0n) is 8.13. The third-order valence-electron chi connectivity index (χ3n) is 2.74. The molecular formula is C11H15ClN. The van der Waals surface area contributed by atoms with Gasteiger partial charge in [-0.15, -0.1) is 11.6 Å². The smallest absolute Gasteiger partial charge is 0.0700 e. The minimum Gasteiger partial charge on any atom is -0.224 e. The van der Waals surface area contributed by atoms with Gasteiger partial charge < -0.3 is 0 Å². The molecule has 1 saturated heterocycles. The third kappa shape index (κ3) is 1.97. The van der Waals surface area contributed by atoms with Gasteiger partial charge in [0.25, 0.3) is 0 Å². The van der Waals surface area contributed by atoms with Crippen molar-refractivity contribution in [1.82, 2.24) is 5.32 Å². The molecule has 1 heterocycles. The van der Waals surface area contributed by atoms with Gasteiger partial charge in [-0.2, -0.15) is 0 Å². The van der Waals surface area contributed by atoms with Gasteiger partial charge in [0.05, 0.1) is 11.4 Å². The molecular weight excluding hydrogens is 182 g/mol. The Bertz CT molecular complexity index is 265. The molecule has 0 bridgehead atoms. The molecule has 0 saturated carbocycles. The van der Waals surface area contributed by atoms with Crippen molar-refractivity contribution in [2.75, 3.05) is 0 Å². The molecule has 0 aromatic carbocycles. The first-order valence-corrected chi connectivity index (χ1v) is 5.25. The van der Waals surface area contributed by atoms with Crippen molar-refractivity contribution in [2.24, 2.45) is 0 Å². The van der Waals surface area contributed by atoms with Gasteiger partial charge in [-0.1, -0.05) is 23.8 Å². The van der Waals surface area contributed by atoms with Crippen molar-refractivity contribution >= 4 is 11.6 Å². The molecule has 2 atom stereocenters. The van der Waals surface area contributed by atoms with Crippen LogP contribution in [0.4, 0.5) is 0 Å². The molecule has 13 heavy (non-hydrogen) atoms. The Balaban J connectivity index is 2.15. The summed E-state index contributed by atoms with van der Waals surface area (Å²) >= 11 is 6.00. The van der Waals surface area contributed by atoms with Gasteiger partial charge in [-0.3, -0.25) is 0 Å². The average Bonchev–Trinajstić information content (AvgIpc) is 2.05. The van der Waals surface area contributed by atoms with Crippen LogP contribution >= 0.6 is 11.6 Å². The standard InChI is InChI=1S/C11H15ClN/c1-11(2)6-5-8-7-9(12)3-4-10(8)13-11/h3-4,7,9-10H,5-6H2,1-2H3. The van der Waals surface area contributed by atoms with Gasteiger partial charge in [0.2, 0.25) is 0 Å². The van der Waals surface area contributed by atoms with E-state index in [1.54, 1.807) is 0 Å². The molecule has 1 radical (unpaired) electrons. The normalized spacial score (nSPS) is 36.7. The number of fused-ring (bicyclic) bond motifs is 1. The molecule has 1 nitrogen and oxygen atoms in total. The van der Waals surface area contributed by atoms with Gasteiger partial charge in [-0.05, 0) is 26.7 Å². The number of allylic oxidation sites excluding steroid dienone is 2. The van der Waals surface area contributed by atoms with Gasteiger partial charge >= 0.3 is 0 Å². The van der Waals surface area contributed by atoms with Crippen LogP contribution in [0.2, 0.25) is 0 Å². The molecule has 0 spiro atoms. The zero-order chi connectivity index (χ0) is 9.47. The molecule has 1 fully saturated rings. The maximum absolute atomic E-state index is 6.00. The first kappa shape index (κ1) is 9.29. The van der Waals surface area contributed by atoms with Crippen LogP contribution in [0.1, 0.15) is 26.7 Å². The van der Waals surface area contributed by atoms with Crippen LogP contribution in [-0.2, 0) is 0 Å². The maximum atomic E-state index is 6.00. The zero-order valence-corrected chi connectivity index (χ0v) is 8.88. The van der Waals surface area contributed by atoms with Crippen molar-refractivity contribution in [1.29, 1.82) is 0 Å². The molecule has 2 rings (SSSR count). The summed E-state index contributed by atoms with van der Waals surface area (Å²) in [5.41, 5.74) is 1.55. The minimum atomic E-state index is 0.0858.